The van der Waals surface area contributed by atoms with Crippen LogP contribution in [0.3, 0.4) is 0 Å². The number of phenolic OH excluding ortho intramolecular Hbond substituents is 1. The van der Waals surface area contributed by atoms with Crippen LogP contribution in [0.25, 0.3) is 10.9 Å². The van der Waals surface area contributed by atoms with Crippen molar-refractivity contribution in [1.82, 2.24) is 57.7 Å². The summed E-state index contributed by atoms with van der Waals surface area (Å²) in [5.74, 6) is -6.04. The number of aliphatic imine (C=N–C) groups is 3. The van der Waals surface area contributed by atoms with Crippen LogP contribution in [0.4, 0.5) is 0 Å². The lowest BCUT2D eigenvalue weighted by atomic mass is 9.98. The first-order valence-electron chi connectivity index (χ1n) is 29.6. The van der Waals surface area contributed by atoms with Crippen molar-refractivity contribution >= 4 is 93.9 Å². The molecule has 3 aliphatic rings. The van der Waals surface area contributed by atoms with Crippen LogP contribution in [-0.4, -0.2) is 184 Å². The number of rotatable bonds is 32. The highest BCUT2D eigenvalue weighted by Gasteiger charge is 2.40. The number of aromatic amines is 1. The molecule has 8 amide bonds. The number of hydrogen-bond acceptors (Lipinski definition) is 15. The number of likely N-dealkylation sites (tertiary alicyclic amines) is 1. The lowest BCUT2D eigenvalue weighted by molar-refractivity contribution is -0.142. The number of nitrogens with zero attached hydrogens (tertiary/aromatic N) is 4. The van der Waals surface area contributed by atoms with Crippen LogP contribution in [0.5, 0.6) is 5.75 Å². The first-order chi connectivity index (χ1) is 41.1. The Balaban J connectivity index is 1.22. The number of benzene rings is 2. The average Bonchev–Trinajstić information content (AvgIpc) is 2.93. The summed E-state index contributed by atoms with van der Waals surface area (Å²) in [5.41, 5.74) is 13.0. The molecule has 1 unspecified atom stereocenters. The van der Waals surface area contributed by atoms with Gasteiger partial charge in [0.15, 0.2) is 5.96 Å². The topological polar surface area (TPSA) is 393 Å². The number of carbonyl (C=O) groups excluding carboxylic acids is 8. The van der Waals surface area contributed by atoms with Crippen molar-refractivity contribution in [3.63, 3.8) is 0 Å². The van der Waals surface area contributed by atoms with Crippen molar-refractivity contribution in [2.24, 2.45) is 38.3 Å². The number of aromatic nitrogens is 1. The number of amides is 8. The summed E-state index contributed by atoms with van der Waals surface area (Å²) in [7, 11) is 0. The number of fused-ring (bicyclic) bond motifs is 1. The molecule has 1 aromatic heterocycles. The molecule has 468 valence electrons. The van der Waals surface area contributed by atoms with E-state index in [1.165, 1.54) is 35.5 Å². The molecule has 27 heteroatoms. The number of likely N-dealkylation sites (N-methyl/N-ethyl adjacent to an activating group) is 1. The van der Waals surface area contributed by atoms with Crippen LogP contribution >= 0.6 is 12.2 Å². The molecule has 10 atom stereocenters. The number of aromatic hydroxyl groups is 1. The molecule has 0 saturated carbocycles. The van der Waals surface area contributed by atoms with Crippen molar-refractivity contribution in [3.05, 3.63) is 65.9 Å². The third-order valence-electron chi connectivity index (χ3n) is 15.1. The number of H-pyrrole nitrogens is 1. The molecule has 2 fully saturated rings. The van der Waals surface area contributed by atoms with E-state index in [0.29, 0.717) is 42.0 Å². The van der Waals surface area contributed by atoms with Crippen molar-refractivity contribution in [2.75, 3.05) is 32.8 Å². The summed E-state index contributed by atoms with van der Waals surface area (Å²) >= 11 is 5.74. The number of phenols is 1. The van der Waals surface area contributed by atoms with Gasteiger partial charge in [0.1, 0.15) is 60.4 Å². The summed E-state index contributed by atoms with van der Waals surface area (Å²) in [5, 5.41) is 47.6. The largest absolute Gasteiger partial charge is 0.508 e. The van der Waals surface area contributed by atoms with Gasteiger partial charge in [0.25, 0.3) is 0 Å². The Hall–Kier alpha value is -8.04. The minimum atomic E-state index is -1.68. The minimum absolute atomic E-state index is 0.0613. The summed E-state index contributed by atoms with van der Waals surface area (Å²) in [6.07, 6.45) is 7.86. The molecule has 2 aromatic carbocycles. The summed E-state index contributed by atoms with van der Waals surface area (Å²) in [6.45, 7) is 9.75. The van der Waals surface area contributed by atoms with E-state index in [1.54, 1.807) is 19.3 Å². The molecular formula is C59H86N16O10S. The molecule has 26 nitrogen and oxygen atoms in total. The van der Waals surface area contributed by atoms with Gasteiger partial charge in [0.2, 0.25) is 47.3 Å². The van der Waals surface area contributed by atoms with Crippen LogP contribution in [0.15, 0.2) is 69.7 Å². The normalized spacial score (nSPS) is 18.7. The zero-order valence-electron chi connectivity index (χ0n) is 49.6. The molecule has 0 bridgehead atoms. The maximum Gasteiger partial charge on any atom is 0.245 e. The lowest BCUT2D eigenvalue weighted by Gasteiger charge is -2.31. The van der Waals surface area contributed by atoms with Crippen LogP contribution in [0.2, 0.25) is 0 Å². The standard InChI is InChI=1S/C59H86N16O10S/c1-6-63-56(84)49-16-11-23-75(49)58(85)42(15-10-22-65-59(60)61)68-50(78)43(24-33(2)3)69-51(79)44(25-34(4)5)70-52(80)45(26-35-17-19-38(77)20-18-35)71-55(83)48(31-76)73-53(81)46(27-36-29-66-40-13-8-7-12-39(36)40)72-54(82)47(28-37-30-62-32-67-37)74-57(86)41-14-9-21-64-41/h7-8,12-13,17-20,29-30,32-34,37,41-49,64,66,76-77H,6,9-11,14-16,21-28,31H2,1-5H3,(H,63,84)(H,68,78)(H,69,79)(H,70,80)(H,71,83)(H,72,82)(H,73,81)(H,74,86)(H4,60,61,65)/t37?,41-,42-,43-,44+,45-,46-,47-,48-,49-/m0/s1. The fourth-order valence-corrected chi connectivity index (χ4v) is 11.0. The van der Waals surface area contributed by atoms with Crippen LogP contribution < -0.4 is 59.3 Å². The second kappa shape index (κ2) is 33.0. The SMILES string of the molecule is CCNC(=O)[C@@H]1CCCN1C(=O)[C@H](CCCN=C(N)N)NC(=O)[C@H](CC(C)C)NC(=O)[C@@H](CC(C)C)NC(=O)[C@H](Cc1ccc(O)cc1)NC(=O)[C@H](CO)NC(=O)[C@H](Cc1c[nH]c2ccccc12)NC(=O)[C@H](CC1C=NC=N1)NC(=S)[C@@H]1CCCN1. The number of aliphatic hydroxyl groups is 1. The first kappa shape index (κ1) is 67.1. The van der Waals surface area contributed by atoms with E-state index >= 15 is 0 Å². The molecule has 3 aromatic rings. The predicted molar refractivity (Wildman–Crippen MR) is 331 cm³/mol. The Morgan fingerprint density at radius 1 is 0.744 bits per heavy atom. The van der Waals surface area contributed by atoms with Crippen molar-refractivity contribution in [1.29, 1.82) is 0 Å². The molecule has 0 aliphatic carbocycles. The quantitative estimate of drug-likeness (QED) is 0.0166. The minimum Gasteiger partial charge on any atom is -0.508 e. The molecular weight excluding hydrogens is 1120 g/mol. The average molecular weight is 1210 g/mol. The fourth-order valence-electron chi connectivity index (χ4n) is 10.7. The van der Waals surface area contributed by atoms with Crippen molar-refractivity contribution < 1.29 is 48.6 Å². The Morgan fingerprint density at radius 3 is 1.93 bits per heavy atom. The number of guanidine groups is 1. The summed E-state index contributed by atoms with van der Waals surface area (Å²) in [6, 6.07) is 2.80. The predicted octanol–water partition coefficient (Wildman–Crippen LogP) is -0.258. The first-order valence-corrected chi connectivity index (χ1v) is 30.0. The Kier molecular flexibility index (Phi) is 25.8. The summed E-state index contributed by atoms with van der Waals surface area (Å²) < 4.78 is 0. The van der Waals surface area contributed by atoms with Gasteiger partial charge < -0.3 is 79.4 Å². The maximum absolute atomic E-state index is 14.7. The highest BCUT2D eigenvalue weighted by Crippen LogP contribution is 2.23. The molecule has 4 heterocycles. The van der Waals surface area contributed by atoms with E-state index in [1.807, 2.05) is 52.0 Å². The number of thiocarbonyl (C=S) groups is 1. The monoisotopic (exact) mass is 1210 g/mol. The van der Waals surface area contributed by atoms with Crippen LogP contribution in [0.1, 0.15) is 104 Å². The van der Waals surface area contributed by atoms with Crippen LogP contribution in [-0.2, 0) is 51.2 Å². The van der Waals surface area contributed by atoms with E-state index in [-0.39, 0.29) is 87.0 Å². The number of carbonyl (C=O) groups is 8. The van der Waals surface area contributed by atoms with Gasteiger partial charge in [-0.1, -0.05) is 70.2 Å². The highest BCUT2D eigenvalue weighted by molar-refractivity contribution is 7.80. The van der Waals surface area contributed by atoms with Gasteiger partial charge in [-0.2, -0.15) is 0 Å². The van der Waals surface area contributed by atoms with Gasteiger partial charge in [-0.15, -0.1) is 0 Å². The van der Waals surface area contributed by atoms with Crippen molar-refractivity contribution in [2.45, 2.75) is 166 Å². The molecule has 0 spiro atoms. The van der Waals surface area contributed by atoms with Gasteiger partial charge >= 0.3 is 0 Å². The third kappa shape index (κ3) is 20.0. The third-order valence-corrected chi connectivity index (χ3v) is 15.5. The fraction of sp³-hybridized carbons (Fsp3) is 0.559. The van der Waals surface area contributed by atoms with Gasteiger partial charge in [0.05, 0.1) is 23.7 Å². The van der Waals surface area contributed by atoms with E-state index in [2.05, 4.69) is 67.8 Å². The van der Waals surface area contributed by atoms with Gasteiger partial charge in [0, 0.05) is 62.2 Å². The molecule has 16 N–H and O–H groups in total. The lowest BCUT2D eigenvalue weighted by Crippen LogP contribution is -2.61. The molecule has 6 rings (SSSR count). The van der Waals surface area contributed by atoms with E-state index in [4.69, 9.17) is 23.7 Å². The zero-order valence-corrected chi connectivity index (χ0v) is 50.4. The Bertz CT molecular complexity index is 2910. The molecule has 2 saturated heterocycles. The Morgan fingerprint density at radius 2 is 1.34 bits per heavy atom. The second-order valence-corrected chi connectivity index (χ2v) is 23.3. The number of aliphatic hydroxyl groups excluding tert-OH is 1. The van der Waals surface area contributed by atoms with Gasteiger partial charge in [-0.05, 0) is 106 Å². The second-order valence-electron chi connectivity index (χ2n) is 22.9. The highest BCUT2D eigenvalue weighted by atomic mass is 32.1. The number of nitrogens with one attached hydrogen (secondary N) is 10. The molecule has 0 radical (unpaired) electrons. The molecule has 3 aliphatic heterocycles. The van der Waals surface area contributed by atoms with E-state index in [9.17, 15) is 48.6 Å². The smallest absolute Gasteiger partial charge is 0.245 e. The van der Waals surface area contributed by atoms with Gasteiger partial charge in [-0.25, -0.2) is 4.99 Å². The van der Waals surface area contributed by atoms with Gasteiger partial charge in [-0.3, -0.25) is 48.3 Å². The number of hydrogen-bond donors (Lipinski definition) is 14. The number of para-hydroxylation sites is 1. The maximum atomic E-state index is 14.7. The zero-order chi connectivity index (χ0) is 62.5. The van der Waals surface area contributed by atoms with Crippen molar-refractivity contribution in [3.8, 4) is 5.75 Å². The number of nitrogens with two attached hydrogens (primary N) is 2. The van der Waals surface area contributed by atoms with E-state index in [0.717, 1.165) is 30.3 Å². The Labute approximate surface area is 506 Å². The molecule has 86 heavy (non-hydrogen) atoms. The van der Waals surface area contributed by atoms with E-state index < -0.39 is 102 Å². The van der Waals surface area contributed by atoms with Crippen LogP contribution in [0, 0.1) is 11.8 Å². The summed E-state index contributed by atoms with van der Waals surface area (Å²) in [4.78, 5) is 132.